The van der Waals surface area contributed by atoms with Crippen molar-refractivity contribution in [1.82, 2.24) is 0 Å². The van der Waals surface area contributed by atoms with Crippen LogP contribution in [0.5, 0.6) is 0 Å². The van der Waals surface area contributed by atoms with Gasteiger partial charge in [0.05, 0.1) is 5.03 Å². The first kappa shape index (κ1) is 22.9. The van der Waals surface area contributed by atoms with E-state index in [1.54, 1.807) is 31.2 Å². The fraction of sp³-hybridized carbons (Fsp3) is 0.100. The number of carbonyl (C=O) groups is 1. The topological polar surface area (TPSA) is 81.9 Å². The summed E-state index contributed by atoms with van der Waals surface area (Å²) in [5, 5.41) is 22.2. The molecule has 2 aromatic carbocycles. The molecule has 0 saturated heterocycles. The van der Waals surface area contributed by atoms with Crippen molar-refractivity contribution >= 4 is 54.3 Å². The third kappa shape index (κ3) is 6.87. The van der Waals surface area contributed by atoms with Gasteiger partial charge >= 0.3 is 7.12 Å². The normalized spacial score (nSPS) is 12.2. The fourth-order valence-electron chi connectivity index (χ4n) is 2.33. The van der Waals surface area contributed by atoms with Gasteiger partial charge in [0, 0.05) is 17.0 Å². The molecule has 0 radical (unpaired) electrons. The number of aliphatic imine (C=N–C) groups is 1. The third-order valence-electron chi connectivity index (χ3n) is 3.85. The van der Waals surface area contributed by atoms with Gasteiger partial charge in [0.1, 0.15) is 10.8 Å². The number of thioether (sulfide) groups is 1. The van der Waals surface area contributed by atoms with Crippen LogP contribution in [0, 0.1) is 5.82 Å². The van der Waals surface area contributed by atoms with Crippen molar-refractivity contribution in [2.75, 3.05) is 5.32 Å². The van der Waals surface area contributed by atoms with E-state index in [-0.39, 0.29) is 5.03 Å². The third-order valence-corrected chi connectivity index (χ3v) is 5.33. The summed E-state index contributed by atoms with van der Waals surface area (Å²) in [6.45, 7) is 5.09. The summed E-state index contributed by atoms with van der Waals surface area (Å²) >= 11 is 7.55. The molecule has 0 unspecified atom stereocenters. The maximum atomic E-state index is 13.0. The van der Waals surface area contributed by atoms with Crippen LogP contribution < -0.4 is 10.8 Å². The Kier molecular flexibility index (Phi) is 8.66. The number of nitrogens with zero attached hydrogens (tertiary/aromatic N) is 1. The van der Waals surface area contributed by atoms with Crippen molar-refractivity contribution in [2.45, 2.75) is 12.7 Å². The molecule has 29 heavy (non-hydrogen) atoms. The van der Waals surface area contributed by atoms with Crippen LogP contribution in [0.15, 0.2) is 75.2 Å². The van der Waals surface area contributed by atoms with E-state index in [0.29, 0.717) is 33.1 Å². The maximum Gasteiger partial charge on any atom is 0.488 e. The smallest absolute Gasteiger partial charge is 0.423 e. The number of carbonyl (C=O) groups excluding carboxylic acids is 1. The van der Waals surface area contributed by atoms with Gasteiger partial charge < -0.3 is 15.4 Å². The molecule has 0 atom stereocenters. The molecule has 0 fully saturated rings. The summed E-state index contributed by atoms with van der Waals surface area (Å²) < 4.78 is 13.0. The summed E-state index contributed by atoms with van der Waals surface area (Å²) in [4.78, 5) is 16.2. The number of hydrogen-bond acceptors (Lipinski definition) is 5. The fourth-order valence-corrected chi connectivity index (χ4v) is 3.56. The average molecular weight is 433 g/mol. The predicted octanol–water partition coefficient (Wildman–Crippen LogP) is 3.43. The molecule has 2 rings (SSSR count). The average Bonchev–Trinajstić information content (AvgIpc) is 2.70. The van der Waals surface area contributed by atoms with Crippen LogP contribution in [-0.2, 0) is 10.5 Å². The Bertz CT molecular complexity index is 949. The quantitative estimate of drug-likeness (QED) is 0.258. The second-order valence-electron chi connectivity index (χ2n) is 5.96. The van der Waals surface area contributed by atoms with Crippen molar-refractivity contribution < 1.29 is 19.2 Å². The van der Waals surface area contributed by atoms with E-state index in [2.05, 4.69) is 17.0 Å². The first-order valence-electron chi connectivity index (χ1n) is 8.50. The molecule has 2 aromatic rings. The van der Waals surface area contributed by atoms with Crippen LogP contribution in [0.2, 0.25) is 0 Å². The van der Waals surface area contributed by atoms with E-state index >= 15 is 0 Å². The molecule has 150 valence electrons. The number of allylic oxidation sites excluding steroid dienone is 2. The summed E-state index contributed by atoms with van der Waals surface area (Å²) in [5.41, 5.74) is 1.89. The zero-order valence-electron chi connectivity index (χ0n) is 15.6. The van der Waals surface area contributed by atoms with E-state index in [4.69, 9.17) is 11.6 Å². The van der Waals surface area contributed by atoms with Gasteiger partial charge in [0.15, 0.2) is 0 Å². The van der Waals surface area contributed by atoms with Gasteiger partial charge in [-0.3, -0.25) is 9.79 Å². The highest BCUT2D eigenvalue weighted by Crippen LogP contribution is 2.28. The minimum Gasteiger partial charge on any atom is -0.423 e. The molecule has 9 heteroatoms. The molecule has 5 nitrogen and oxygen atoms in total. The van der Waals surface area contributed by atoms with Crippen LogP contribution in [0.1, 0.15) is 12.5 Å². The number of anilines is 1. The molecule has 0 spiro atoms. The van der Waals surface area contributed by atoms with Gasteiger partial charge in [0.25, 0.3) is 5.91 Å². The van der Waals surface area contributed by atoms with Gasteiger partial charge in [-0.2, -0.15) is 0 Å². The van der Waals surface area contributed by atoms with Crippen LogP contribution in [0.25, 0.3) is 0 Å². The van der Waals surface area contributed by atoms with Crippen molar-refractivity contribution in [3.05, 3.63) is 81.6 Å². The Balaban J connectivity index is 2.11. The molecule has 0 aliphatic carbocycles. The van der Waals surface area contributed by atoms with E-state index in [9.17, 15) is 19.2 Å². The molecular formula is C20H19BClFN2O3S. The first-order valence-corrected chi connectivity index (χ1v) is 9.86. The van der Waals surface area contributed by atoms with Gasteiger partial charge in [-0.05, 0) is 55.0 Å². The predicted molar refractivity (Wildman–Crippen MR) is 119 cm³/mol. The van der Waals surface area contributed by atoms with Crippen molar-refractivity contribution in [1.29, 1.82) is 0 Å². The zero-order valence-corrected chi connectivity index (χ0v) is 17.2. The molecule has 0 bridgehead atoms. The van der Waals surface area contributed by atoms with Crippen LogP contribution in [-0.4, -0.2) is 29.8 Å². The van der Waals surface area contributed by atoms with E-state index in [1.807, 2.05) is 0 Å². The highest BCUT2D eigenvalue weighted by molar-refractivity contribution is 8.02. The number of rotatable bonds is 8. The Hall–Kier alpha value is -2.39. The van der Waals surface area contributed by atoms with Gasteiger partial charge in [-0.15, -0.1) is 11.8 Å². The Morgan fingerprint density at radius 2 is 1.93 bits per heavy atom. The van der Waals surface area contributed by atoms with Crippen LogP contribution >= 0.6 is 23.4 Å². The lowest BCUT2D eigenvalue weighted by Gasteiger charge is -2.09. The summed E-state index contributed by atoms with van der Waals surface area (Å²) in [6, 6.07) is 12.3. The number of benzene rings is 2. The first-order chi connectivity index (χ1) is 13.8. The van der Waals surface area contributed by atoms with Crippen LogP contribution in [0.4, 0.5) is 10.1 Å². The van der Waals surface area contributed by atoms with Gasteiger partial charge in [0.2, 0.25) is 0 Å². The number of hydrogen-bond donors (Lipinski definition) is 3. The molecular weight excluding hydrogens is 414 g/mol. The lowest BCUT2D eigenvalue weighted by Crippen LogP contribution is -2.32. The molecule has 0 heterocycles. The second-order valence-corrected chi connectivity index (χ2v) is 7.33. The van der Waals surface area contributed by atoms with Crippen molar-refractivity contribution in [2.24, 2.45) is 4.99 Å². The molecule has 0 saturated carbocycles. The Morgan fingerprint density at radius 3 is 2.55 bits per heavy atom. The van der Waals surface area contributed by atoms with E-state index in [0.717, 1.165) is 0 Å². The largest absolute Gasteiger partial charge is 0.488 e. The molecule has 0 aliphatic rings. The Labute approximate surface area is 178 Å². The van der Waals surface area contributed by atoms with Crippen molar-refractivity contribution in [3.8, 4) is 0 Å². The lowest BCUT2D eigenvalue weighted by atomic mass is 9.77. The summed E-state index contributed by atoms with van der Waals surface area (Å²) in [5.74, 6) is -0.403. The number of amides is 1. The molecule has 1 amide bonds. The van der Waals surface area contributed by atoms with Crippen LogP contribution in [0.3, 0.4) is 0 Å². The molecule has 3 N–H and O–H groups in total. The van der Waals surface area contributed by atoms with Crippen molar-refractivity contribution in [3.63, 3.8) is 0 Å². The van der Waals surface area contributed by atoms with E-state index < -0.39 is 18.8 Å². The monoisotopic (exact) mass is 432 g/mol. The maximum absolute atomic E-state index is 13.0. The van der Waals surface area contributed by atoms with Gasteiger partial charge in [-0.1, -0.05) is 35.9 Å². The van der Waals surface area contributed by atoms with E-state index in [1.165, 1.54) is 42.1 Å². The number of nitrogens with one attached hydrogen (secondary N) is 1. The highest BCUT2D eigenvalue weighted by atomic mass is 35.5. The molecule has 0 aromatic heterocycles. The SMILES string of the molecule is C=N/C(SCc1ccccc1B(O)O)=C(Cl)\C=C(/C)C(=O)Nc1ccc(F)cc1. The molecule has 0 aliphatic heterocycles. The second kappa shape index (κ2) is 11.0. The van der Waals surface area contributed by atoms with Gasteiger partial charge in [-0.25, -0.2) is 4.39 Å². The minimum atomic E-state index is -1.58. The standard InChI is InChI=1S/C20H19BClFN2O3S/c1-13(19(26)25-16-9-7-15(23)8-10-16)11-18(22)20(24-2)29-12-14-5-3-4-6-17(14)21(27)28/h3-11,27-28H,2,12H2,1H3,(H,25,26)/b13-11+,20-18-. The summed E-state index contributed by atoms with van der Waals surface area (Å²) in [7, 11) is -1.58. The highest BCUT2D eigenvalue weighted by Gasteiger charge is 2.16. The zero-order chi connectivity index (χ0) is 21.4. The Morgan fingerprint density at radius 1 is 1.28 bits per heavy atom. The number of halogens is 2. The summed E-state index contributed by atoms with van der Waals surface area (Å²) in [6.07, 6.45) is 1.46. The lowest BCUT2D eigenvalue weighted by molar-refractivity contribution is -0.112. The minimum absolute atomic E-state index is 0.221.